The van der Waals surface area contributed by atoms with Crippen molar-refractivity contribution >= 4 is 11.6 Å². The fourth-order valence-corrected chi connectivity index (χ4v) is 1.79. The van der Waals surface area contributed by atoms with Crippen LogP contribution in [0.2, 0.25) is 0 Å². The molecule has 1 aromatic rings. The maximum atomic E-state index is 11.0. The van der Waals surface area contributed by atoms with Gasteiger partial charge >= 0.3 is 5.69 Å². The summed E-state index contributed by atoms with van der Waals surface area (Å²) in [7, 11) is 0. The Morgan fingerprint density at radius 2 is 2.00 bits per heavy atom. The summed E-state index contributed by atoms with van der Waals surface area (Å²) >= 11 is 0. The van der Waals surface area contributed by atoms with Crippen molar-refractivity contribution in [1.29, 1.82) is 0 Å². The van der Waals surface area contributed by atoms with Crippen molar-refractivity contribution in [2.45, 2.75) is 46.0 Å². The lowest BCUT2D eigenvalue weighted by Gasteiger charge is -2.08. The molecule has 0 saturated carbocycles. The minimum atomic E-state index is -0.540. The van der Waals surface area contributed by atoms with E-state index < -0.39 is 4.92 Å². The van der Waals surface area contributed by atoms with Gasteiger partial charge in [-0.25, -0.2) is 10.8 Å². The zero-order valence-corrected chi connectivity index (χ0v) is 11.9. The molecule has 0 fully saturated rings. The summed E-state index contributed by atoms with van der Waals surface area (Å²) in [5, 5.41) is 11.0. The fourth-order valence-electron chi connectivity index (χ4n) is 1.79. The van der Waals surface area contributed by atoms with Crippen LogP contribution in [-0.2, 0) is 0 Å². The highest BCUT2D eigenvalue weighted by molar-refractivity contribution is 5.48. The molecule has 0 atom stereocenters. The molecule has 8 nitrogen and oxygen atoms in total. The van der Waals surface area contributed by atoms with E-state index in [4.69, 9.17) is 10.6 Å². The number of ether oxygens (including phenoxy) is 1. The molecule has 1 aromatic heterocycles. The molecule has 20 heavy (non-hydrogen) atoms. The summed E-state index contributed by atoms with van der Waals surface area (Å²) in [5.74, 6) is 5.29. The molecule has 0 spiro atoms. The Kier molecular flexibility index (Phi) is 6.65. The van der Waals surface area contributed by atoms with Gasteiger partial charge in [-0.3, -0.25) is 15.5 Å². The van der Waals surface area contributed by atoms with Gasteiger partial charge in [-0.2, -0.15) is 4.98 Å². The molecule has 112 valence electrons. The molecule has 0 unspecified atom stereocenters. The van der Waals surface area contributed by atoms with Crippen LogP contribution < -0.4 is 16.0 Å². The van der Waals surface area contributed by atoms with Crippen LogP contribution in [0.5, 0.6) is 5.88 Å². The summed E-state index contributed by atoms with van der Waals surface area (Å²) in [5.41, 5.74) is 2.28. The summed E-state index contributed by atoms with van der Waals surface area (Å²) < 4.78 is 5.41. The Morgan fingerprint density at radius 3 is 2.60 bits per heavy atom. The van der Waals surface area contributed by atoms with Crippen molar-refractivity contribution < 1.29 is 9.66 Å². The van der Waals surface area contributed by atoms with Gasteiger partial charge in [0.15, 0.2) is 0 Å². The van der Waals surface area contributed by atoms with Crippen molar-refractivity contribution in [2.24, 2.45) is 5.84 Å². The van der Waals surface area contributed by atoms with Gasteiger partial charge in [0, 0.05) is 0 Å². The molecule has 1 heterocycles. The second-order valence-corrected chi connectivity index (χ2v) is 4.45. The molecule has 0 radical (unpaired) electrons. The fraction of sp³-hybridized carbons (Fsp3) is 0.667. The second-order valence-electron chi connectivity index (χ2n) is 4.45. The molecule has 0 aliphatic carbocycles. The van der Waals surface area contributed by atoms with Gasteiger partial charge < -0.3 is 4.74 Å². The molecule has 0 aromatic carbocycles. The number of aromatic nitrogens is 2. The van der Waals surface area contributed by atoms with Crippen molar-refractivity contribution in [1.82, 2.24) is 9.97 Å². The van der Waals surface area contributed by atoms with E-state index >= 15 is 0 Å². The minimum Gasteiger partial charge on any atom is -0.473 e. The lowest BCUT2D eigenvalue weighted by molar-refractivity contribution is -0.387. The van der Waals surface area contributed by atoms with Crippen molar-refractivity contribution in [3.05, 3.63) is 15.8 Å². The number of nitrogen functional groups attached to an aromatic ring is 1. The smallest absolute Gasteiger partial charge is 0.352 e. The molecular weight excluding hydrogens is 262 g/mol. The quantitative estimate of drug-likeness (QED) is 0.309. The number of hydrogen-bond donors (Lipinski definition) is 2. The standard InChI is InChI=1S/C12H21N5O3/c1-3-4-5-6-7-8-20-11-10(17(18)19)9(2)14-12(15-11)16-13/h3-8,13H2,1-2H3,(H,14,15,16). The predicted molar refractivity (Wildman–Crippen MR) is 75.5 cm³/mol. The first kappa shape index (κ1) is 16.1. The highest BCUT2D eigenvalue weighted by Crippen LogP contribution is 2.28. The van der Waals surface area contributed by atoms with Crippen LogP contribution in [0.15, 0.2) is 0 Å². The number of unbranched alkanes of at least 4 members (excludes halogenated alkanes) is 4. The zero-order valence-electron chi connectivity index (χ0n) is 11.9. The maximum Gasteiger partial charge on any atom is 0.352 e. The normalized spacial score (nSPS) is 10.3. The Hall–Kier alpha value is -1.96. The summed E-state index contributed by atoms with van der Waals surface area (Å²) in [6.07, 6.45) is 5.37. The number of hydrogen-bond acceptors (Lipinski definition) is 7. The van der Waals surface area contributed by atoms with E-state index in [1.165, 1.54) is 19.8 Å². The van der Waals surface area contributed by atoms with Crippen LogP contribution in [-0.4, -0.2) is 21.5 Å². The van der Waals surface area contributed by atoms with Crippen LogP contribution in [0.3, 0.4) is 0 Å². The molecular formula is C12H21N5O3. The topological polar surface area (TPSA) is 116 Å². The third-order valence-electron chi connectivity index (χ3n) is 2.82. The van der Waals surface area contributed by atoms with Gasteiger partial charge in [0.05, 0.1) is 11.5 Å². The van der Waals surface area contributed by atoms with E-state index in [0.717, 1.165) is 19.3 Å². The van der Waals surface area contributed by atoms with Crippen molar-refractivity contribution in [2.75, 3.05) is 12.0 Å². The highest BCUT2D eigenvalue weighted by Gasteiger charge is 2.23. The number of anilines is 1. The Bertz CT molecular complexity index is 453. The van der Waals surface area contributed by atoms with E-state index in [9.17, 15) is 10.1 Å². The first-order chi connectivity index (χ1) is 9.60. The van der Waals surface area contributed by atoms with Gasteiger partial charge in [-0.15, -0.1) is 0 Å². The van der Waals surface area contributed by atoms with Gasteiger partial charge in [0.2, 0.25) is 5.95 Å². The monoisotopic (exact) mass is 283 g/mol. The van der Waals surface area contributed by atoms with E-state index in [1.807, 2.05) is 0 Å². The maximum absolute atomic E-state index is 11.0. The first-order valence-electron chi connectivity index (χ1n) is 6.72. The summed E-state index contributed by atoms with van der Waals surface area (Å²) in [6.45, 7) is 4.06. The van der Waals surface area contributed by atoms with Crippen LogP contribution in [0.1, 0.15) is 44.7 Å². The number of aryl methyl sites for hydroxylation is 1. The second kappa shape index (κ2) is 8.26. The molecule has 0 saturated heterocycles. The minimum absolute atomic E-state index is 0.0362. The third-order valence-corrected chi connectivity index (χ3v) is 2.82. The van der Waals surface area contributed by atoms with Crippen LogP contribution in [0, 0.1) is 17.0 Å². The van der Waals surface area contributed by atoms with E-state index in [2.05, 4.69) is 22.3 Å². The lowest BCUT2D eigenvalue weighted by Crippen LogP contribution is -2.13. The molecule has 0 bridgehead atoms. The van der Waals surface area contributed by atoms with E-state index in [1.54, 1.807) is 0 Å². The molecule has 3 N–H and O–H groups in total. The van der Waals surface area contributed by atoms with Crippen LogP contribution >= 0.6 is 0 Å². The number of nitrogens with two attached hydrogens (primary N) is 1. The SMILES string of the molecule is CCCCCCCOc1nc(NN)nc(C)c1[N+](=O)[O-]. The van der Waals surface area contributed by atoms with Crippen LogP contribution in [0.25, 0.3) is 0 Å². The summed E-state index contributed by atoms with van der Waals surface area (Å²) in [4.78, 5) is 18.2. The molecule has 8 heteroatoms. The molecule has 0 amide bonds. The van der Waals surface area contributed by atoms with E-state index in [0.29, 0.717) is 6.61 Å². The first-order valence-corrected chi connectivity index (χ1v) is 6.72. The third kappa shape index (κ3) is 4.61. The number of hydrazine groups is 1. The van der Waals surface area contributed by atoms with Crippen LogP contribution in [0.4, 0.5) is 11.6 Å². The Balaban J connectivity index is 2.67. The Morgan fingerprint density at radius 1 is 1.30 bits per heavy atom. The lowest BCUT2D eigenvalue weighted by atomic mass is 10.2. The predicted octanol–water partition coefficient (Wildman–Crippen LogP) is 2.33. The molecule has 0 aliphatic heterocycles. The Labute approximate surface area is 117 Å². The number of nitro groups is 1. The largest absolute Gasteiger partial charge is 0.473 e. The number of nitrogens with zero attached hydrogens (tertiary/aromatic N) is 3. The molecule has 1 rings (SSSR count). The summed E-state index contributed by atoms with van der Waals surface area (Å²) in [6, 6.07) is 0. The van der Waals surface area contributed by atoms with Crippen molar-refractivity contribution in [3.63, 3.8) is 0 Å². The van der Waals surface area contributed by atoms with Gasteiger partial charge in [-0.1, -0.05) is 32.6 Å². The zero-order chi connectivity index (χ0) is 15.0. The van der Waals surface area contributed by atoms with E-state index in [-0.39, 0.29) is 23.2 Å². The van der Waals surface area contributed by atoms with Gasteiger partial charge in [0.1, 0.15) is 5.69 Å². The number of rotatable bonds is 9. The molecule has 0 aliphatic rings. The average Bonchev–Trinajstić information content (AvgIpc) is 2.41. The van der Waals surface area contributed by atoms with Crippen molar-refractivity contribution in [3.8, 4) is 5.88 Å². The number of nitrogens with one attached hydrogen (secondary N) is 1. The average molecular weight is 283 g/mol. The van der Waals surface area contributed by atoms with Gasteiger partial charge in [-0.05, 0) is 13.3 Å². The highest BCUT2D eigenvalue weighted by atomic mass is 16.6. The van der Waals surface area contributed by atoms with Gasteiger partial charge in [0.25, 0.3) is 5.88 Å².